The van der Waals surface area contributed by atoms with Gasteiger partial charge in [-0.25, -0.2) is 9.59 Å². The van der Waals surface area contributed by atoms with Gasteiger partial charge < -0.3 is 14.4 Å². The maximum Gasteiger partial charge on any atom is 0.412 e. The second-order valence-corrected chi connectivity index (χ2v) is 8.18. The maximum atomic E-state index is 12.6. The summed E-state index contributed by atoms with van der Waals surface area (Å²) >= 11 is 0. The Kier molecular flexibility index (Phi) is 8.02. The smallest absolute Gasteiger partial charge is 0.412 e. The minimum atomic E-state index is -0.892. The lowest BCUT2D eigenvalue weighted by molar-refractivity contribution is -0.143. The predicted molar refractivity (Wildman–Crippen MR) is 108 cm³/mol. The van der Waals surface area contributed by atoms with Gasteiger partial charge in [0, 0.05) is 17.8 Å². The number of nitrogens with one attached hydrogen (secondary N) is 1. The third kappa shape index (κ3) is 7.21. The number of esters is 1. The average Bonchev–Trinajstić information content (AvgIpc) is 2.52. The first-order valence-corrected chi connectivity index (χ1v) is 9.45. The van der Waals surface area contributed by atoms with Crippen molar-refractivity contribution in [2.45, 2.75) is 79.2 Å². The summed E-state index contributed by atoms with van der Waals surface area (Å²) in [7, 11) is 0. The molecule has 2 amide bonds. The quantitative estimate of drug-likeness (QED) is 0.733. The summed E-state index contributed by atoms with van der Waals surface area (Å²) in [4.78, 5) is 38.4. The van der Waals surface area contributed by atoms with Crippen LogP contribution >= 0.6 is 0 Å². The molecule has 7 nitrogen and oxygen atoms in total. The Morgan fingerprint density at radius 2 is 1.43 bits per heavy atom. The van der Waals surface area contributed by atoms with Gasteiger partial charge in [-0.15, -0.1) is 0 Å². The summed E-state index contributed by atoms with van der Waals surface area (Å²) in [5, 5.41) is 2.59. The van der Waals surface area contributed by atoms with E-state index in [-0.39, 0.29) is 23.6 Å². The topological polar surface area (TPSA) is 84.9 Å². The molecule has 1 N–H and O–H groups in total. The van der Waals surface area contributed by atoms with E-state index in [4.69, 9.17) is 9.47 Å². The molecule has 28 heavy (non-hydrogen) atoms. The molecule has 0 heterocycles. The van der Waals surface area contributed by atoms with Gasteiger partial charge >= 0.3 is 12.1 Å². The van der Waals surface area contributed by atoms with Crippen molar-refractivity contribution >= 4 is 23.7 Å². The lowest BCUT2D eigenvalue weighted by Crippen LogP contribution is -2.47. The molecule has 0 aliphatic rings. The van der Waals surface area contributed by atoms with E-state index >= 15 is 0 Å². The lowest BCUT2D eigenvalue weighted by Gasteiger charge is -2.32. The number of hydrogen-bond acceptors (Lipinski definition) is 5. The third-order valence-electron chi connectivity index (χ3n) is 3.76. The first kappa shape index (κ1) is 23.5. The average molecular weight is 392 g/mol. The van der Waals surface area contributed by atoms with E-state index in [1.807, 2.05) is 27.7 Å². The summed E-state index contributed by atoms with van der Waals surface area (Å²) in [6, 6.07) is 6.20. The van der Waals surface area contributed by atoms with Crippen LogP contribution in [0.4, 0.5) is 10.5 Å². The molecule has 0 unspecified atom stereocenters. The van der Waals surface area contributed by atoms with Crippen LogP contribution in [0.3, 0.4) is 0 Å². The van der Waals surface area contributed by atoms with Gasteiger partial charge in [-0.3, -0.25) is 10.1 Å². The molecule has 0 radical (unpaired) electrons. The van der Waals surface area contributed by atoms with Crippen molar-refractivity contribution in [2.24, 2.45) is 0 Å². The van der Waals surface area contributed by atoms with Crippen LogP contribution in [0.5, 0.6) is 0 Å². The molecule has 0 aromatic heterocycles. The third-order valence-corrected chi connectivity index (χ3v) is 3.76. The number of hydrogen-bond donors (Lipinski definition) is 1. The number of carbonyl (C=O) groups excluding carboxylic acids is 3. The monoisotopic (exact) mass is 392 g/mol. The predicted octanol–water partition coefficient (Wildman–Crippen LogP) is 4.22. The molecule has 156 valence electrons. The van der Waals surface area contributed by atoms with Gasteiger partial charge in [-0.2, -0.15) is 0 Å². The first-order chi connectivity index (χ1) is 12.8. The minimum absolute atomic E-state index is 0.00636. The van der Waals surface area contributed by atoms with E-state index in [2.05, 4.69) is 5.32 Å². The van der Waals surface area contributed by atoms with Crippen LogP contribution in [0.15, 0.2) is 24.3 Å². The molecule has 7 heteroatoms. The highest BCUT2D eigenvalue weighted by molar-refractivity contribution is 5.93. The Balaban J connectivity index is 2.72. The molecular formula is C21H32N2O5. The van der Waals surface area contributed by atoms with E-state index in [1.54, 1.807) is 44.7 Å². The van der Waals surface area contributed by atoms with Crippen LogP contribution in [-0.2, 0) is 14.3 Å². The molecule has 0 saturated heterocycles. The molecular weight excluding hydrogens is 360 g/mol. The van der Waals surface area contributed by atoms with Crippen molar-refractivity contribution in [1.29, 1.82) is 0 Å². The number of rotatable bonds is 6. The summed E-state index contributed by atoms with van der Waals surface area (Å²) in [6.07, 6.45) is -1.47. The zero-order chi connectivity index (χ0) is 21.6. The Hall–Kier alpha value is -2.57. The molecule has 1 aromatic carbocycles. The van der Waals surface area contributed by atoms with E-state index in [1.165, 1.54) is 12.1 Å². The highest BCUT2D eigenvalue weighted by Crippen LogP contribution is 2.15. The zero-order valence-corrected chi connectivity index (χ0v) is 18.0. The number of anilines is 1. The van der Waals surface area contributed by atoms with Crippen LogP contribution in [0, 0.1) is 0 Å². The number of ether oxygens (including phenoxy) is 2. The highest BCUT2D eigenvalue weighted by Gasteiger charge is 2.28. The zero-order valence-electron chi connectivity index (χ0n) is 18.0. The number of benzene rings is 1. The highest BCUT2D eigenvalue weighted by atomic mass is 16.6. The van der Waals surface area contributed by atoms with Crippen molar-refractivity contribution in [3.63, 3.8) is 0 Å². The van der Waals surface area contributed by atoms with Crippen molar-refractivity contribution in [3.8, 4) is 0 Å². The van der Waals surface area contributed by atoms with Crippen LogP contribution < -0.4 is 5.32 Å². The number of carbonyl (C=O) groups is 3. The van der Waals surface area contributed by atoms with E-state index < -0.39 is 23.8 Å². The van der Waals surface area contributed by atoms with Crippen molar-refractivity contribution < 1.29 is 23.9 Å². The fourth-order valence-corrected chi connectivity index (χ4v) is 2.71. The van der Waals surface area contributed by atoms with Crippen molar-refractivity contribution in [3.05, 3.63) is 29.8 Å². The van der Waals surface area contributed by atoms with Crippen LogP contribution in [0.2, 0.25) is 0 Å². The number of amides is 2. The standard InChI is InChI=1S/C21H32N2O5/c1-13(2)23(14(3)4)18(24)15(5)27-19(25)16-9-11-17(12-10-16)22-20(26)28-21(6,7)8/h9-15H,1-8H3,(H,22,26)/t15-/m0/s1. The lowest BCUT2D eigenvalue weighted by atomic mass is 10.2. The van der Waals surface area contributed by atoms with E-state index in [9.17, 15) is 14.4 Å². The first-order valence-electron chi connectivity index (χ1n) is 9.45. The summed E-state index contributed by atoms with van der Waals surface area (Å²) in [6.45, 7) is 14.6. The Morgan fingerprint density at radius 3 is 1.86 bits per heavy atom. The fraction of sp³-hybridized carbons (Fsp3) is 0.571. The van der Waals surface area contributed by atoms with Crippen LogP contribution in [-0.4, -0.2) is 46.7 Å². The van der Waals surface area contributed by atoms with Gasteiger partial charge in [0.15, 0.2) is 6.10 Å². The van der Waals surface area contributed by atoms with Gasteiger partial charge in [0.1, 0.15) is 5.60 Å². The molecule has 0 aliphatic heterocycles. The SMILES string of the molecule is CC(C)N(C(=O)[C@H](C)OC(=O)c1ccc(NC(=O)OC(C)(C)C)cc1)C(C)C. The Morgan fingerprint density at radius 1 is 0.929 bits per heavy atom. The Labute approximate surface area is 167 Å². The second-order valence-electron chi connectivity index (χ2n) is 8.18. The molecule has 0 fully saturated rings. The van der Waals surface area contributed by atoms with E-state index in [0.717, 1.165) is 0 Å². The maximum absolute atomic E-state index is 12.6. The molecule has 0 spiro atoms. The Bertz CT molecular complexity index is 682. The van der Waals surface area contributed by atoms with Gasteiger partial charge in [0.05, 0.1) is 5.56 Å². The van der Waals surface area contributed by atoms with Crippen molar-refractivity contribution in [1.82, 2.24) is 4.90 Å². The second kappa shape index (κ2) is 9.57. The molecule has 0 bridgehead atoms. The molecule has 1 aromatic rings. The fourth-order valence-electron chi connectivity index (χ4n) is 2.71. The molecule has 1 atom stereocenters. The molecule has 0 aliphatic carbocycles. The summed E-state index contributed by atoms with van der Waals surface area (Å²) < 4.78 is 10.5. The van der Waals surface area contributed by atoms with Crippen LogP contribution in [0.1, 0.15) is 65.7 Å². The molecule has 1 rings (SSSR count). The summed E-state index contributed by atoms with van der Waals surface area (Å²) in [5.41, 5.74) is 0.173. The normalized spacial score (nSPS) is 12.5. The molecule has 0 saturated carbocycles. The van der Waals surface area contributed by atoms with Gasteiger partial charge in [0.25, 0.3) is 5.91 Å². The largest absolute Gasteiger partial charge is 0.449 e. The number of nitrogens with zero attached hydrogens (tertiary/aromatic N) is 1. The van der Waals surface area contributed by atoms with Gasteiger partial charge in [-0.05, 0) is 79.7 Å². The minimum Gasteiger partial charge on any atom is -0.449 e. The van der Waals surface area contributed by atoms with Crippen LogP contribution in [0.25, 0.3) is 0 Å². The van der Waals surface area contributed by atoms with Crippen molar-refractivity contribution in [2.75, 3.05) is 5.32 Å². The van der Waals surface area contributed by atoms with Gasteiger partial charge in [0.2, 0.25) is 0 Å². The van der Waals surface area contributed by atoms with E-state index in [0.29, 0.717) is 5.69 Å². The van der Waals surface area contributed by atoms with Gasteiger partial charge in [-0.1, -0.05) is 0 Å². The summed E-state index contributed by atoms with van der Waals surface area (Å²) in [5.74, 6) is -0.835.